The average Bonchev–Trinajstić information content (AvgIpc) is 3.43. The van der Waals surface area contributed by atoms with Crippen molar-refractivity contribution in [1.82, 2.24) is 30.4 Å². The van der Waals surface area contributed by atoms with Gasteiger partial charge in [0.1, 0.15) is 5.69 Å². The third-order valence-electron chi connectivity index (χ3n) is 6.63. The molecule has 0 spiro atoms. The van der Waals surface area contributed by atoms with E-state index in [0.717, 1.165) is 41.0 Å². The zero-order valence-corrected chi connectivity index (χ0v) is 22.4. The van der Waals surface area contributed by atoms with Gasteiger partial charge < -0.3 is 25.4 Å². The standard InChI is InChI=1S/C24H27ClN6O3S.ClH/c1-13(32)31-8-6-17(27-22(33)19-10-14-9-15(25)3-4-16(14)26-19)20(11-31)28-23(34)24-29-18-5-7-30(2)12-21(18)35-24;/h3-4,9-10,17,20,26H,5-8,11-12H2,1-2H3,(H,27,33)(H,28,34);1H/t17-,20-;/m1./s1. The Kier molecular flexibility index (Phi) is 7.89. The van der Waals surface area contributed by atoms with Gasteiger partial charge in [-0.2, -0.15) is 0 Å². The topological polar surface area (TPSA) is 110 Å². The Balaban J connectivity index is 0.00000304. The lowest BCUT2D eigenvalue weighted by molar-refractivity contribution is -0.130. The third-order valence-corrected chi connectivity index (χ3v) is 7.95. The van der Waals surface area contributed by atoms with Gasteiger partial charge in [-0.25, -0.2) is 4.98 Å². The van der Waals surface area contributed by atoms with Crippen LogP contribution in [0.5, 0.6) is 0 Å². The van der Waals surface area contributed by atoms with E-state index in [-0.39, 0.29) is 36.2 Å². The van der Waals surface area contributed by atoms with Crippen molar-refractivity contribution >= 4 is 64.0 Å². The molecule has 0 radical (unpaired) electrons. The van der Waals surface area contributed by atoms with Crippen LogP contribution in [0.1, 0.15) is 44.2 Å². The number of aromatic nitrogens is 2. The predicted octanol–water partition coefficient (Wildman–Crippen LogP) is 2.84. The molecule has 9 nitrogen and oxygen atoms in total. The fraction of sp³-hybridized carbons (Fsp3) is 0.417. The fourth-order valence-corrected chi connectivity index (χ4v) is 5.95. The van der Waals surface area contributed by atoms with Gasteiger partial charge in [-0.05, 0) is 37.7 Å². The molecule has 2 aliphatic rings. The first-order valence-corrected chi connectivity index (χ1v) is 12.8. The second-order valence-electron chi connectivity index (χ2n) is 9.20. The minimum absolute atomic E-state index is 0. The van der Waals surface area contributed by atoms with Gasteiger partial charge in [-0.3, -0.25) is 14.4 Å². The van der Waals surface area contributed by atoms with Crippen LogP contribution in [0, 0.1) is 0 Å². The van der Waals surface area contributed by atoms with E-state index in [0.29, 0.717) is 35.2 Å². The van der Waals surface area contributed by atoms with Crippen LogP contribution in [0.3, 0.4) is 0 Å². The highest BCUT2D eigenvalue weighted by Gasteiger charge is 2.34. The number of thiazole rings is 1. The predicted molar refractivity (Wildman–Crippen MR) is 142 cm³/mol. The molecule has 3 aromatic rings. The molecule has 2 aromatic heterocycles. The Morgan fingerprint density at radius 3 is 2.69 bits per heavy atom. The molecule has 3 N–H and O–H groups in total. The number of carbonyl (C=O) groups is 3. The lowest BCUT2D eigenvalue weighted by atomic mass is 9.98. The number of amides is 3. The van der Waals surface area contributed by atoms with E-state index < -0.39 is 6.04 Å². The van der Waals surface area contributed by atoms with Crippen molar-refractivity contribution in [2.45, 2.75) is 38.4 Å². The Bertz CT molecular complexity index is 1310. The van der Waals surface area contributed by atoms with E-state index in [1.54, 1.807) is 23.1 Å². The number of benzene rings is 1. The molecule has 36 heavy (non-hydrogen) atoms. The Labute approximate surface area is 224 Å². The van der Waals surface area contributed by atoms with Crippen molar-refractivity contribution in [1.29, 1.82) is 0 Å². The van der Waals surface area contributed by atoms with Crippen LogP contribution in [0.4, 0.5) is 0 Å². The smallest absolute Gasteiger partial charge is 0.280 e. The van der Waals surface area contributed by atoms with Crippen LogP contribution in [0.15, 0.2) is 24.3 Å². The van der Waals surface area contributed by atoms with Crippen molar-refractivity contribution in [3.63, 3.8) is 0 Å². The first-order valence-electron chi connectivity index (χ1n) is 11.6. The molecule has 0 bridgehead atoms. The lowest BCUT2D eigenvalue weighted by Crippen LogP contribution is -2.61. The van der Waals surface area contributed by atoms with Crippen molar-refractivity contribution in [3.8, 4) is 0 Å². The summed E-state index contributed by atoms with van der Waals surface area (Å²) in [5, 5.41) is 7.95. The number of halogens is 2. The molecule has 0 aliphatic carbocycles. The summed E-state index contributed by atoms with van der Waals surface area (Å²) in [5.74, 6) is -0.609. The molecule has 3 amide bonds. The molecule has 1 fully saturated rings. The summed E-state index contributed by atoms with van der Waals surface area (Å²) in [7, 11) is 2.05. The molecule has 0 saturated carbocycles. The number of carbonyl (C=O) groups excluding carboxylic acids is 3. The molecule has 2 aliphatic heterocycles. The molecule has 2 atom stereocenters. The number of rotatable bonds is 4. The van der Waals surface area contributed by atoms with Gasteiger partial charge in [0.2, 0.25) is 5.91 Å². The van der Waals surface area contributed by atoms with Gasteiger partial charge in [0.15, 0.2) is 5.01 Å². The molecular weight excluding hydrogens is 523 g/mol. The highest BCUT2D eigenvalue weighted by Crippen LogP contribution is 2.25. The SMILES string of the molecule is CC(=O)N1CC[C@@H](NC(=O)c2cc3cc(Cl)ccc3[nH]2)[C@H](NC(=O)c2nc3c(s2)CN(C)CC3)C1.Cl. The van der Waals surface area contributed by atoms with E-state index in [4.69, 9.17) is 11.6 Å². The van der Waals surface area contributed by atoms with E-state index in [1.165, 1.54) is 18.3 Å². The number of fused-ring (bicyclic) bond motifs is 2. The third kappa shape index (κ3) is 5.51. The van der Waals surface area contributed by atoms with Gasteiger partial charge in [0.25, 0.3) is 11.8 Å². The number of aromatic amines is 1. The summed E-state index contributed by atoms with van der Waals surface area (Å²) in [6.45, 7) is 4.05. The summed E-state index contributed by atoms with van der Waals surface area (Å²) >= 11 is 7.48. The van der Waals surface area contributed by atoms with Crippen LogP contribution >= 0.6 is 35.3 Å². The van der Waals surface area contributed by atoms with Gasteiger partial charge in [0, 0.05) is 60.3 Å². The molecule has 192 valence electrons. The summed E-state index contributed by atoms with van der Waals surface area (Å²) in [6.07, 6.45) is 1.35. The molecule has 1 saturated heterocycles. The second-order valence-corrected chi connectivity index (χ2v) is 10.7. The highest BCUT2D eigenvalue weighted by atomic mass is 35.5. The Hall–Kier alpha value is -2.66. The van der Waals surface area contributed by atoms with Crippen LogP contribution in [-0.2, 0) is 17.8 Å². The average molecular weight is 552 g/mol. The van der Waals surface area contributed by atoms with E-state index >= 15 is 0 Å². The quantitative estimate of drug-likeness (QED) is 0.462. The summed E-state index contributed by atoms with van der Waals surface area (Å²) in [4.78, 5) is 50.9. The van der Waals surface area contributed by atoms with Gasteiger partial charge in [-0.1, -0.05) is 11.6 Å². The molecule has 1 aromatic carbocycles. The summed E-state index contributed by atoms with van der Waals surface area (Å²) in [6, 6.07) is 6.37. The van der Waals surface area contributed by atoms with Crippen molar-refractivity contribution in [3.05, 3.63) is 50.6 Å². The van der Waals surface area contributed by atoms with Crippen LogP contribution in [0.25, 0.3) is 10.9 Å². The van der Waals surface area contributed by atoms with Gasteiger partial charge >= 0.3 is 0 Å². The highest BCUT2D eigenvalue weighted by molar-refractivity contribution is 7.13. The number of hydrogen-bond acceptors (Lipinski definition) is 6. The van der Waals surface area contributed by atoms with Crippen LogP contribution in [-0.4, -0.2) is 76.3 Å². The van der Waals surface area contributed by atoms with Gasteiger partial charge in [0.05, 0.1) is 17.8 Å². The largest absolute Gasteiger partial charge is 0.351 e. The Morgan fingerprint density at radius 2 is 1.92 bits per heavy atom. The monoisotopic (exact) mass is 550 g/mol. The minimum Gasteiger partial charge on any atom is -0.351 e. The molecule has 4 heterocycles. The number of likely N-dealkylation sites (N-methyl/N-ethyl adjacent to an activating group) is 1. The number of nitrogens with one attached hydrogen (secondary N) is 3. The first-order chi connectivity index (χ1) is 16.8. The molecule has 12 heteroatoms. The zero-order chi connectivity index (χ0) is 24.7. The number of piperidine rings is 1. The van der Waals surface area contributed by atoms with Crippen molar-refractivity contribution < 1.29 is 14.4 Å². The first kappa shape index (κ1) is 26.4. The zero-order valence-electron chi connectivity index (χ0n) is 20.0. The maximum absolute atomic E-state index is 13.1. The summed E-state index contributed by atoms with van der Waals surface area (Å²) < 4.78 is 0. The summed E-state index contributed by atoms with van der Waals surface area (Å²) in [5.41, 5.74) is 2.21. The fourth-order valence-electron chi connectivity index (χ4n) is 4.68. The number of H-pyrrole nitrogens is 1. The van der Waals surface area contributed by atoms with E-state index in [1.807, 2.05) is 6.07 Å². The second kappa shape index (κ2) is 10.8. The molecule has 5 rings (SSSR count). The molecular formula is C24H28Cl2N6O3S. The molecule has 0 unspecified atom stereocenters. The maximum atomic E-state index is 13.1. The van der Waals surface area contributed by atoms with Crippen LogP contribution in [0.2, 0.25) is 5.02 Å². The normalized spacial score (nSPS) is 19.9. The minimum atomic E-state index is -0.438. The Morgan fingerprint density at radius 1 is 1.14 bits per heavy atom. The van der Waals surface area contributed by atoms with Crippen LogP contribution < -0.4 is 10.6 Å². The van der Waals surface area contributed by atoms with Gasteiger partial charge in [-0.15, -0.1) is 23.7 Å². The number of nitrogens with zero attached hydrogens (tertiary/aromatic N) is 3. The van der Waals surface area contributed by atoms with E-state index in [9.17, 15) is 14.4 Å². The lowest BCUT2D eigenvalue weighted by Gasteiger charge is -2.38. The number of likely N-dealkylation sites (tertiary alicyclic amines) is 1. The van der Waals surface area contributed by atoms with E-state index in [2.05, 4.69) is 32.5 Å². The number of hydrogen-bond donors (Lipinski definition) is 3. The van der Waals surface area contributed by atoms with Crippen molar-refractivity contribution in [2.24, 2.45) is 0 Å². The van der Waals surface area contributed by atoms with Crippen molar-refractivity contribution in [2.75, 3.05) is 26.7 Å². The maximum Gasteiger partial charge on any atom is 0.280 e.